The fourth-order valence-electron chi connectivity index (χ4n) is 0.215. The summed E-state index contributed by atoms with van der Waals surface area (Å²) in [5, 5.41) is 16.6. The van der Waals surface area contributed by atoms with Crippen molar-refractivity contribution in [2.24, 2.45) is 0 Å². The predicted octanol–water partition coefficient (Wildman–Crippen LogP) is -2.09. The molecule has 0 heterocycles. The van der Waals surface area contributed by atoms with Crippen LogP contribution in [0.3, 0.4) is 0 Å². The minimum Gasteiger partial charge on any atom is -0.393 e. The van der Waals surface area contributed by atoms with Gasteiger partial charge in [0.25, 0.3) is 0 Å². The second kappa shape index (κ2) is 4.51. The van der Waals surface area contributed by atoms with Crippen LogP contribution in [0, 0.1) is 0 Å². The number of hydrogen-bond acceptors (Lipinski definition) is 6. The molecule has 0 aliphatic carbocycles. The van der Waals surface area contributed by atoms with Gasteiger partial charge in [0, 0.05) is 0 Å². The number of rotatable bonds is 4. The first-order chi connectivity index (χ1) is 5.37. The zero-order valence-corrected chi connectivity index (χ0v) is 6.55. The molecule has 4 N–H and O–H groups in total. The zero-order valence-electron chi connectivity index (χ0n) is 5.65. The summed E-state index contributed by atoms with van der Waals surface area (Å²) in [4.78, 5) is 29.7. The third-order valence-corrected chi connectivity index (χ3v) is 0.930. The van der Waals surface area contributed by atoms with Gasteiger partial charge >= 0.3 is 13.8 Å². The van der Waals surface area contributed by atoms with Crippen molar-refractivity contribution in [1.82, 2.24) is 0 Å². The van der Waals surface area contributed by atoms with Crippen molar-refractivity contribution in [2.75, 3.05) is 6.61 Å². The number of carbonyl (C=O) groups is 1. The van der Waals surface area contributed by atoms with Crippen molar-refractivity contribution < 1.29 is 38.9 Å². The Morgan fingerprint density at radius 1 is 1.50 bits per heavy atom. The van der Waals surface area contributed by atoms with Crippen LogP contribution in [0.25, 0.3) is 0 Å². The molecule has 8 nitrogen and oxygen atoms in total. The maximum Gasteiger partial charge on any atom is 0.505 e. The molecular formula is C3H7O8P. The molecule has 0 saturated carbocycles. The fourth-order valence-corrected chi connectivity index (χ4v) is 0.386. The van der Waals surface area contributed by atoms with Gasteiger partial charge in [-0.3, -0.25) is 4.89 Å². The van der Waals surface area contributed by atoms with Crippen LogP contribution in [0.1, 0.15) is 0 Å². The van der Waals surface area contributed by atoms with Crippen LogP contribution in [0.5, 0.6) is 0 Å². The third kappa shape index (κ3) is 5.19. The summed E-state index contributed by atoms with van der Waals surface area (Å²) in [6.07, 6.45) is -1.88. The Kier molecular flexibility index (Phi) is 4.32. The summed E-state index contributed by atoms with van der Waals surface area (Å²) < 4.78 is 13.2. The van der Waals surface area contributed by atoms with Gasteiger partial charge in [0.1, 0.15) is 0 Å². The Labute approximate surface area is 66.5 Å². The summed E-state index contributed by atoms with van der Waals surface area (Å²) >= 11 is 0. The molecule has 12 heavy (non-hydrogen) atoms. The van der Waals surface area contributed by atoms with Gasteiger partial charge in [-0.1, -0.05) is 4.67 Å². The maximum absolute atomic E-state index is 10.3. The Hall–Kier alpha value is -0.500. The molecule has 0 rings (SSSR count). The molecule has 0 radical (unpaired) electrons. The number of carbonyl (C=O) groups excluding carboxylic acids is 1. The SMILES string of the molecule is O=C(OOP(=O)(O)O)C(O)CO. The standard InChI is InChI=1S/C3H7O8P/c4-1-2(5)3(6)10-11-12(7,8)9/h2,4-5H,1H2,(H2,7,8,9). The van der Waals surface area contributed by atoms with E-state index in [2.05, 4.69) is 9.56 Å². The highest BCUT2D eigenvalue weighted by Crippen LogP contribution is 2.35. The molecule has 0 spiro atoms. The van der Waals surface area contributed by atoms with Gasteiger partial charge in [-0.05, 0) is 0 Å². The lowest BCUT2D eigenvalue weighted by Crippen LogP contribution is -2.26. The van der Waals surface area contributed by atoms with Crippen LogP contribution < -0.4 is 0 Å². The van der Waals surface area contributed by atoms with Crippen LogP contribution in [0.15, 0.2) is 0 Å². The molecule has 0 aliphatic rings. The highest BCUT2D eigenvalue weighted by atomic mass is 31.2. The summed E-state index contributed by atoms with van der Waals surface area (Å²) in [5.74, 6) is -1.49. The largest absolute Gasteiger partial charge is 0.505 e. The second-order valence-corrected chi connectivity index (χ2v) is 2.80. The van der Waals surface area contributed by atoms with E-state index in [0.717, 1.165) is 0 Å². The van der Waals surface area contributed by atoms with Crippen LogP contribution in [-0.2, 0) is 18.9 Å². The molecule has 0 aromatic rings. The predicted molar refractivity (Wildman–Crippen MR) is 32.3 cm³/mol. The highest BCUT2D eigenvalue weighted by Gasteiger charge is 2.23. The Balaban J connectivity index is 3.80. The second-order valence-electron chi connectivity index (χ2n) is 1.67. The normalized spacial score (nSPS) is 14.0. The summed E-state index contributed by atoms with van der Waals surface area (Å²) in [5.41, 5.74) is 0. The number of hydrogen-bond donors (Lipinski definition) is 4. The summed E-state index contributed by atoms with van der Waals surface area (Å²) in [7, 11) is -4.91. The third-order valence-electron chi connectivity index (χ3n) is 0.662. The Bertz CT molecular complexity index is 194. The monoisotopic (exact) mass is 202 g/mol. The van der Waals surface area contributed by atoms with E-state index in [9.17, 15) is 9.36 Å². The number of aliphatic hydroxyl groups excluding tert-OH is 2. The van der Waals surface area contributed by atoms with Crippen LogP contribution in [-0.4, -0.2) is 38.7 Å². The summed E-state index contributed by atoms with van der Waals surface area (Å²) in [6.45, 7) is -0.927. The number of phosphoric acid groups is 1. The highest BCUT2D eigenvalue weighted by molar-refractivity contribution is 7.46. The van der Waals surface area contributed by atoms with Gasteiger partial charge in [0.2, 0.25) is 0 Å². The van der Waals surface area contributed by atoms with Gasteiger partial charge in [-0.25, -0.2) is 9.36 Å². The molecule has 0 aromatic heterocycles. The van der Waals surface area contributed by atoms with E-state index in [1.54, 1.807) is 0 Å². The first kappa shape index (κ1) is 11.5. The molecule has 0 fully saturated rings. The molecule has 0 bridgehead atoms. The van der Waals surface area contributed by atoms with E-state index >= 15 is 0 Å². The van der Waals surface area contributed by atoms with Gasteiger partial charge < -0.3 is 20.0 Å². The smallest absolute Gasteiger partial charge is 0.393 e. The van der Waals surface area contributed by atoms with E-state index in [1.807, 2.05) is 0 Å². The first-order valence-corrected chi connectivity index (χ1v) is 4.14. The van der Waals surface area contributed by atoms with Gasteiger partial charge in [0.15, 0.2) is 6.10 Å². The molecule has 1 atom stereocenters. The van der Waals surface area contributed by atoms with Crippen LogP contribution in [0.4, 0.5) is 0 Å². The van der Waals surface area contributed by atoms with Crippen LogP contribution in [0.2, 0.25) is 0 Å². The van der Waals surface area contributed by atoms with Gasteiger partial charge in [0.05, 0.1) is 6.61 Å². The molecular weight excluding hydrogens is 195 g/mol. The molecule has 72 valence electrons. The molecule has 9 heteroatoms. The lowest BCUT2D eigenvalue weighted by Gasteiger charge is -2.06. The van der Waals surface area contributed by atoms with Crippen molar-refractivity contribution in [3.63, 3.8) is 0 Å². The molecule has 0 saturated heterocycles. The summed E-state index contributed by atoms with van der Waals surface area (Å²) in [6, 6.07) is 0. The molecule has 1 unspecified atom stereocenters. The topological polar surface area (TPSA) is 134 Å². The molecule has 0 aromatic carbocycles. The minimum absolute atomic E-state index is 0.927. The maximum atomic E-state index is 10.3. The first-order valence-electron chi connectivity index (χ1n) is 2.61. The van der Waals surface area contributed by atoms with Crippen molar-refractivity contribution in [1.29, 1.82) is 0 Å². The zero-order chi connectivity index (χ0) is 9.78. The van der Waals surface area contributed by atoms with Gasteiger partial charge in [-0.15, -0.1) is 0 Å². The van der Waals surface area contributed by atoms with Crippen molar-refractivity contribution >= 4 is 13.8 Å². The van der Waals surface area contributed by atoms with E-state index < -0.39 is 26.5 Å². The number of aliphatic hydroxyl groups is 2. The van der Waals surface area contributed by atoms with E-state index in [1.165, 1.54) is 0 Å². The average Bonchev–Trinajstić information content (AvgIpc) is 1.97. The van der Waals surface area contributed by atoms with E-state index in [4.69, 9.17) is 20.0 Å². The minimum atomic E-state index is -4.91. The Morgan fingerprint density at radius 2 is 2.00 bits per heavy atom. The van der Waals surface area contributed by atoms with E-state index in [0.29, 0.717) is 0 Å². The molecule has 0 aliphatic heterocycles. The molecule has 0 amide bonds. The van der Waals surface area contributed by atoms with Gasteiger partial charge in [-0.2, -0.15) is 0 Å². The lowest BCUT2D eigenvalue weighted by atomic mass is 10.4. The fraction of sp³-hybridized carbons (Fsp3) is 0.667. The lowest BCUT2D eigenvalue weighted by molar-refractivity contribution is -0.232. The van der Waals surface area contributed by atoms with Crippen molar-refractivity contribution in [2.45, 2.75) is 6.10 Å². The average molecular weight is 202 g/mol. The van der Waals surface area contributed by atoms with Crippen LogP contribution >= 0.6 is 7.82 Å². The van der Waals surface area contributed by atoms with Crippen molar-refractivity contribution in [3.05, 3.63) is 0 Å². The quantitative estimate of drug-likeness (QED) is 0.231. The van der Waals surface area contributed by atoms with Crippen molar-refractivity contribution in [3.8, 4) is 0 Å². The Morgan fingerprint density at radius 3 is 2.33 bits per heavy atom. The van der Waals surface area contributed by atoms with E-state index in [-0.39, 0.29) is 0 Å².